The summed E-state index contributed by atoms with van der Waals surface area (Å²) < 4.78 is 0.728. The Morgan fingerprint density at radius 3 is 2.81 bits per heavy atom. The molecule has 6 heteroatoms. The smallest absolute Gasteiger partial charge is 0.270 e. The van der Waals surface area contributed by atoms with E-state index < -0.39 is 4.92 Å². The predicted octanol–water partition coefficient (Wildman–Crippen LogP) is 3.90. The number of hydrogen-bond acceptors (Lipinski definition) is 3. The third-order valence-corrected chi connectivity index (χ3v) is 4.89. The predicted molar refractivity (Wildman–Crippen MR) is 89.3 cm³/mol. The third kappa shape index (κ3) is 4.15. The number of hydrogen-bond donors (Lipinski definition) is 1. The summed E-state index contributed by atoms with van der Waals surface area (Å²) in [5.74, 6) is -0.217. The Bertz CT molecular complexity index is 572. The summed E-state index contributed by atoms with van der Waals surface area (Å²) in [5.41, 5.74) is 0.573. The highest BCUT2D eigenvalue weighted by Crippen LogP contribution is 2.35. The van der Waals surface area contributed by atoms with Crippen LogP contribution in [0, 0.1) is 19.1 Å². The first-order valence-corrected chi connectivity index (χ1v) is 8.11. The van der Waals surface area contributed by atoms with E-state index in [4.69, 9.17) is 0 Å². The van der Waals surface area contributed by atoms with E-state index in [0.29, 0.717) is 5.56 Å². The van der Waals surface area contributed by atoms with Crippen molar-refractivity contribution in [1.82, 2.24) is 5.32 Å². The Kier molecular flexibility index (Phi) is 4.85. The lowest BCUT2D eigenvalue weighted by atomic mass is 9.75. The summed E-state index contributed by atoms with van der Waals surface area (Å²) in [6.07, 6.45) is 4.20. The molecule has 2 rings (SSSR count). The molecule has 1 saturated carbocycles. The number of nitrogens with zero attached hydrogens (tertiary/aromatic N) is 1. The van der Waals surface area contributed by atoms with Crippen LogP contribution in [0.2, 0.25) is 0 Å². The van der Waals surface area contributed by atoms with E-state index in [1.807, 2.05) is 22.6 Å². The Morgan fingerprint density at radius 1 is 1.48 bits per heavy atom. The molecular formula is C15H19IN2O3. The molecule has 1 aliphatic carbocycles. The topological polar surface area (TPSA) is 72.2 Å². The molecule has 21 heavy (non-hydrogen) atoms. The summed E-state index contributed by atoms with van der Waals surface area (Å²) in [5, 5.41) is 13.9. The number of amides is 1. The van der Waals surface area contributed by atoms with Crippen LogP contribution in [-0.2, 0) is 0 Å². The molecule has 1 aromatic carbocycles. The second-order valence-electron chi connectivity index (χ2n) is 6.35. The normalized spacial score (nSPS) is 20.8. The van der Waals surface area contributed by atoms with Crippen LogP contribution in [0.4, 0.5) is 5.69 Å². The van der Waals surface area contributed by atoms with E-state index in [-0.39, 0.29) is 23.1 Å². The molecule has 0 aromatic heterocycles. The second kappa shape index (κ2) is 6.29. The number of nitrogens with one attached hydrogen (secondary N) is 1. The van der Waals surface area contributed by atoms with Gasteiger partial charge in [0.2, 0.25) is 0 Å². The van der Waals surface area contributed by atoms with E-state index >= 15 is 0 Å². The molecule has 1 unspecified atom stereocenters. The molecule has 0 radical (unpaired) electrons. The SMILES string of the molecule is CC1(C)CCCC(NC(=O)c2cc([N+](=O)[O-])ccc2I)C1. The standard InChI is InChI=1S/C15H19IN2O3/c1-15(2)7-3-4-10(9-15)17-14(19)12-8-11(18(20)21)5-6-13(12)16/h5-6,8,10H,3-4,7,9H2,1-2H3,(H,17,19). The van der Waals surface area contributed by atoms with Gasteiger partial charge in [-0.15, -0.1) is 0 Å². The maximum atomic E-state index is 12.4. The Hall–Kier alpha value is -1.18. The monoisotopic (exact) mass is 402 g/mol. The molecule has 0 bridgehead atoms. The first-order chi connectivity index (χ1) is 9.78. The van der Waals surface area contributed by atoms with Gasteiger partial charge in [-0.25, -0.2) is 0 Å². The van der Waals surface area contributed by atoms with Crippen LogP contribution >= 0.6 is 22.6 Å². The largest absolute Gasteiger partial charge is 0.349 e. The van der Waals surface area contributed by atoms with Gasteiger partial charge in [0.05, 0.1) is 10.5 Å². The van der Waals surface area contributed by atoms with Gasteiger partial charge >= 0.3 is 0 Å². The van der Waals surface area contributed by atoms with Crippen LogP contribution < -0.4 is 5.32 Å². The summed E-state index contributed by atoms with van der Waals surface area (Å²) in [7, 11) is 0. The number of benzene rings is 1. The second-order valence-corrected chi connectivity index (χ2v) is 7.51. The van der Waals surface area contributed by atoms with E-state index in [9.17, 15) is 14.9 Å². The van der Waals surface area contributed by atoms with Crippen LogP contribution in [0.3, 0.4) is 0 Å². The van der Waals surface area contributed by atoms with Crippen LogP contribution in [0.1, 0.15) is 49.9 Å². The summed E-state index contributed by atoms with van der Waals surface area (Å²) in [4.78, 5) is 22.7. The minimum atomic E-state index is -0.476. The molecule has 1 atom stereocenters. The molecule has 0 spiro atoms. The molecule has 114 valence electrons. The maximum absolute atomic E-state index is 12.4. The summed E-state index contributed by atoms with van der Waals surface area (Å²) >= 11 is 2.03. The Balaban J connectivity index is 2.13. The number of nitro groups is 1. The maximum Gasteiger partial charge on any atom is 0.270 e. The molecule has 0 aliphatic heterocycles. The molecule has 0 heterocycles. The fraction of sp³-hybridized carbons (Fsp3) is 0.533. The molecular weight excluding hydrogens is 383 g/mol. The first-order valence-electron chi connectivity index (χ1n) is 7.03. The highest BCUT2D eigenvalue weighted by Gasteiger charge is 2.29. The average molecular weight is 402 g/mol. The fourth-order valence-electron chi connectivity index (χ4n) is 2.89. The van der Waals surface area contributed by atoms with Gasteiger partial charge in [0.25, 0.3) is 11.6 Å². The number of carbonyl (C=O) groups excluding carboxylic acids is 1. The molecule has 1 fully saturated rings. The number of rotatable bonds is 3. The number of nitro benzene ring substituents is 1. The number of non-ortho nitro benzene ring substituents is 1. The van der Waals surface area contributed by atoms with Crippen molar-refractivity contribution in [3.8, 4) is 0 Å². The van der Waals surface area contributed by atoms with Gasteiger partial charge in [0, 0.05) is 21.7 Å². The highest BCUT2D eigenvalue weighted by atomic mass is 127. The van der Waals surface area contributed by atoms with E-state index in [1.165, 1.54) is 18.6 Å². The van der Waals surface area contributed by atoms with Gasteiger partial charge in [-0.1, -0.05) is 20.3 Å². The van der Waals surface area contributed by atoms with Gasteiger partial charge in [0.15, 0.2) is 0 Å². The van der Waals surface area contributed by atoms with Crippen LogP contribution in [-0.4, -0.2) is 16.9 Å². The van der Waals surface area contributed by atoms with Crippen molar-refractivity contribution in [3.05, 3.63) is 37.4 Å². The van der Waals surface area contributed by atoms with Gasteiger partial charge in [-0.3, -0.25) is 14.9 Å². The van der Waals surface area contributed by atoms with Crippen molar-refractivity contribution >= 4 is 34.2 Å². The zero-order valence-corrected chi connectivity index (χ0v) is 14.3. The van der Waals surface area contributed by atoms with E-state index in [1.54, 1.807) is 6.07 Å². The van der Waals surface area contributed by atoms with Gasteiger partial charge in [-0.05, 0) is 53.3 Å². The lowest BCUT2D eigenvalue weighted by Gasteiger charge is -2.35. The Morgan fingerprint density at radius 2 is 2.19 bits per heavy atom. The van der Waals surface area contributed by atoms with Crippen molar-refractivity contribution in [1.29, 1.82) is 0 Å². The van der Waals surface area contributed by atoms with E-state index in [0.717, 1.165) is 22.8 Å². The minimum Gasteiger partial charge on any atom is -0.349 e. The number of halogens is 1. The quantitative estimate of drug-likeness (QED) is 0.474. The summed E-state index contributed by atoms with van der Waals surface area (Å²) in [6.45, 7) is 4.42. The number of carbonyl (C=O) groups is 1. The van der Waals surface area contributed by atoms with Crippen LogP contribution in [0.5, 0.6) is 0 Å². The molecule has 1 N–H and O–H groups in total. The molecule has 1 amide bonds. The minimum absolute atomic E-state index is 0.0514. The van der Waals surface area contributed by atoms with Gasteiger partial charge < -0.3 is 5.32 Å². The first kappa shape index (κ1) is 16.2. The van der Waals surface area contributed by atoms with Crippen LogP contribution in [0.25, 0.3) is 0 Å². The van der Waals surface area contributed by atoms with Crippen molar-refractivity contribution in [3.63, 3.8) is 0 Å². The van der Waals surface area contributed by atoms with Crippen molar-refractivity contribution < 1.29 is 9.72 Å². The lowest BCUT2D eigenvalue weighted by molar-refractivity contribution is -0.384. The third-order valence-electron chi connectivity index (χ3n) is 3.95. The molecule has 1 aliphatic rings. The van der Waals surface area contributed by atoms with Crippen LogP contribution in [0.15, 0.2) is 18.2 Å². The van der Waals surface area contributed by atoms with Crippen molar-refractivity contribution in [2.75, 3.05) is 0 Å². The lowest BCUT2D eigenvalue weighted by Crippen LogP contribution is -2.40. The Labute approximate surface area is 137 Å². The molecule has 5 nitrogen and oxygen atoms in total. The van der Waals surface area contributed by atoms with Gasteiger partial charge in [0.1, 0.15) is 0 Å². The highest BCUT2D eigenvalue weighted by molar-refractivity contribution is 14.1. The van der Waals surface area contributed by atoms with Gasteiger partial charge in [-0.2, -0.15) is 0 Å². The fourth-order valence-corrected chi connectivity index (χ4v) is 3.47. The zero-order chi connectivity index (χ0) is 15.6. The molecule has 1 aromatic rings. The zero-order valence-electron chi connectivity index (χ0n) is 12.2. The van der Waals surface area contributed by atoms with Crippen molar-refractivity contribution in [2.24, 2.45) is 5.41 Å². The average Bonchev–Trinajstić information content (AvgIpc) is 2.37. The molecule has 0 saturated heterocycles. The van der Waals surface area contributed by atoms with E-state index in [2.05, 4.69) is 19.2 Å². The van der Waals surface area contributed by atoms with Crippen molar-refractivity contribution in [2.45, 2.75) is 45.6 Å². The summed E-state index contributed by atoms with van der Waals surface area (Å²) in [6, 6.07) is 4.53.